The fourth-order valence-corrected chi connectivity index (χ4v) is 2.77. The van der Waals surface area contributed by atoms with Crippen molar-refractivity contribution < 1.29 is 4.79 Å². The van der Waals surface area contributed by atoms with Crippen LogP contribution in [0.15, 0.2) is 18.6 Å². The number of piperazine rings is 1. The summed E-state index contributed by atoms with van der Waals surface area (Å²) in [6.07, 6.45) is 12.2. The van der Waals surface area contributed by atoms with Crippen molar-refractivity contribution in [1.82, 2.24) is 20.2 Å². The standard InChI is InChI=1S/C17H25N5O/c1-4-17(5-2,6-3)20-16(23)14-21-9-11-22(12-10-21)15-13-18-7-8-19-15/h1,7-8,13H,5-6,9-12,14H2,2-3H3,(H,20,23). The number of hydrogen-bond acceptors (Lipinski definition) is 5. The number of carbonyl (C=O) groups excluding carboxylic acids is 1. The molecule has 1 aliphatic heterocycles. The Morgan fingerprint density at radius 2 is 2.00 bits per heavy atom. The molecule has 0 saturated carbocycles. The summed E-state index contributed by atoms with van der Waals surface area (Å²) in [5.41, 5.74) is -0.515. The second-order valence-electron chi connectivity index (χ2n) is 5.81. The number of hydrogen-bond donors (Lipinski definition) is 1. The first-order valence-corrected chi connectivity index (χ1v) is 8.14. The van der Waals surface area contributed by atoms with Crippen molar-refractivity contribution in [3.63, 3.8) is 0 Å². The maximum atomic E-state index is 12.3. The third kappa shape index (κ3) is 4.42. The molecular weight excluding hydrogens is 290 g/mol. The molecule has 23 heavy (non-hydrogen) atoms. The van der Waals surface area contributed by atoms with E-state index in [1.165, 1.54) is 0 Å². The van der Waals surface area contributed by atoms with Crippen molar-refractivity contribution in [3.05, 3.63) is 18.6 Å². The lowest BCUT2D eigenvalue weighted by atomic mass is 9.94. The summed E-state index contributed by atoms with van der Waals surface area (Å²) in [6.45, 7) is 7.72. The first kappa shape index (κ1) is 17.2. The van der Waals surface area contributed by atoms with Gasteiger partial charge < -0.3 is 10.2 Å². The molecule has 6 heteroatoms. The van der Waals surface area contributed by atoms with Crippen LogP contribution in [0.4, 0.5) is 5.82 Å². The lowest BCUT2D eigenvalue weighted by molar-refractivity contribution is -0.123. The maximum Gasteiger partial charge on any atom is 0.235 e. The molecule has 0 aromatic carbocycles. The Labute approximate surface area is 138 Å². The Kier molecular flexibility index (Phi) is 5.94. The fraction of sp³-hybridized carbons (Fsp3) is 0.588. The van der Waals surface area contributed by atoms with Crippen molar-refractivity contribution in [2.45, 2.75) is 32.2 Å². The molecule has 0 atom stereocenters. The molecule has 0 radical (unpaired) electrons. The third-order valence-electron chi connectivity index (χ3n) is 4.48. The van der Waals surface area contributed by atoms with Crippen molar-refractivity contribution in [2.75, 3.05) is 37.6 Å². The third-order valence-corrected chi connectivity index (χ3v) is 4.48. The van der Waals surface area contributed by atoms with Crippen LogP contribution < -0.4 is 10.2 Å². The normalized spacial score (nSPS) is 16.0. The van der Waals surface area contributed by atoms with Crippen LogP contribution in [0.25, 0.3) is 0 Å². The molecule has 1 amide bonds. The lowest BCUT2D eigenvalue weighted by Gasteiger charge is -2.35. The molecule has 0 spiro atoms. The summed E-state index contributed by atoms with van der Waals surface area (Å²) < 4.78 is 0. The number of anilines is 1. The van der Waals surface area contributed by atoms with Crippen LogP contribution in [0.2, 0.25) is 0 Å². The lowest BCUT2D eigenvalue weighted by Crippen LogP contribution is -2.53. The van der Waals surface area contributed by atoms with E-state index in [2.05, 4.69) is 31.0 Å². The SMILES string of the molecule is C#CC(CC)(CC)NC(=O)CN1CCN(c2cnccn2)CC1. The van der Waals surface area contributed by atoms with Gasteiger partial charge in [0.15, 0.2) is 0 Å². The van der Waals surface area contributed by atoms with Crippen LogP contribution in [0, 0.1) is 12.3 Å². The van der Waals surface area contributed by atoms with Gasteiger partial charge >= 0.3 is 0 Å². The highest BCUT2D eigenvalue weighted by Gasteiger charge is 2.27. The number of nitrogens with zero attached hydrogens (tertiary/aromatic N) is 4. The van der Waals surface area contributed by atoms with Crippen LogP contribution in [0.3, 0.4) is 0 Å². The monoisotopic (exact) mass is 315 g/mol. The Bertz CT molecular complexity index is 542. The van der Waals surface area contributed by atoms with E-state index in [1.54, 1.807) is 18.6 Å². The smallest absolute Gasteiger partial charge is 0.235 e. The number of rotatable bonds is 6. The molecule has 2 heterocycles. The van der Waals surface area contributed by atoms with Gasteiger partial charge in [-0.15, -0.1) is 6.42 Å². The minimum absolute atomic E-state index is 0.000368. The van der Waals surface area contributed by atoms with Gasteiger partial charge in [-0.05, 0) is 12.8 Å². The summed E-state index contributed by atoms with van der Waals surface area (Å²) in [5, 5.41) is 3.02. The van der Waals surface area contributed by atoms with Crippen LogP contribution >= 0.6 is 0 Å². The number of amides is 1. The first-order valence-electron chi connectivity index (χ1n) is 8.14. The second kappa shape index (κ2) is 7.93. The van der Waals surface area contributed by atoms with Crippen molar-refractivity contribution in [1.29, 1.82) is 0 Å². The van der Waals surface area contributed by atoms with E-state index in [0.29, 0.717) is 6.54 Å². The molecule has 0 aliphatic carbocycles. The molecule has 124 valence electrons. The Morgan fingerprint density at radius 1 is 1.30 bits per heavy atom. The molecule has 0 unspecified atom stereocenters. The fourth-order valence-electron chi connectivity index (χ4n) is 2.77. The van der Waals surface area contributed by atoms with Gasteiger partial charge in [0.2, 0.25) is 5.91 Å². The molecule has 1 aromatic heterocycles. The molecule has 2 rings (SSSR count). The van der Waals surface area contributed by atoms with Gasteiger partial charge in [0.1, 0.15) is 11.4 Å². The zero-order valence-electron chi connectivity index (χ0n) is 14.0. The van der Waals surface area contributed by atoms with Crippen LogP contribution in [0.5, 0.6) is 0 Å². The van der Waals surface area contributed by atoms with E-state index in [4.69, 9.17) is 6.42 Å². The van der Waals surface area contributed by atoms with Gasteiger partial charge in [0, 0.05) is 38.6 Å². The van der Waals surface area contributed by atoms with Crippen molar-refractivity contribution in [2.24, 2.45) is 0 Å². The quantitative estimate of drug-likeness (QED) is 0.791. The van der Waals surface area contributed by atoms with Gasteiger partial charge in [-0.25, -0.2) is 4.98 Å². The molecule has 1 saturated heterocycles. The summed E-state index contributed by atoms with van der Waals surface area (Å²) >= 11 is 0. The molecule has 1 N–H and O–H groups in total. The average Bonchev–Trinajstić information content (AvgIpc) is 2.61. The molecule has 1 aliphatic rings. The topological polar surface area (TPSA) is 61.4 Å². The minimum atomic E-state index is -0.515. The van der Waals surface area contributed by atoms with Gasteiger partial charge in [0.25, 0.3) is 0 Å². The summed E-state index contributed by atoms with van der Waals surface area (Å²) in [5.74, 6) is 3.63. The zero-order chi connectivity index (χ0) is 16.7. The Morgan fingerprint density at radius 3 is 2.52 bits per heavy atom. The van der Waals surface area contributed by atoms with E-state index in [1.807, 2.05) is 13.8 Å². The van der Waals surface area contributed by atoms with Gasteiger partial charge in [-0.1, -0.05) is 19.8 Å². The van der Waals surface area contributed by atoms with Crippen LogP contribution in [0.1, 0.15) is 26.7 Å². The minimum Gasteiger partial charge on any atom is -0.353 e. The summed E-state index contributed by atoms with van der Waals surface area (Å²) in [7, 11) is 0. The maximum absolute atomic E-state index is 12.3. The van der Waals surface area contributed by atoms with Gasteiger partial charge in [0.05, 0.1) is 12.7 Å². The van der Waals surface area contributed by atoms with E-state index in [0.717, 1.165) is 44.8 Å². The molecule has 1 aromatic rings. The number of carbonyl (C=O) groups is 1. The molecular formula is C17H25N5O. The Hall–Kier alpha value is -2.13. The number of nitrogens with one attached hydrogen (secondary N) is 1. The van der Waals surface area contributed by atoms with Crippen molar-refractivity contribution >= 4 is 11.7 Å². The average molecular weight is 315 g/mol. The molecule has 0 bridgehead atoms. The largest absolute Gasteiger partial charge is 0.353 e. The number of terminal acetylenes is 1. The zero-order valence-corrected chi connectivity index (χ0v) is 14.0. The summed E-state index contributed by atoms with van der Waals surface area (Å²) in [6, 6.07) is 0. The number of aromatic nitrogens is 2. The van der Waals surface area contributed by atoms with Crippen LogP contribution in [-0.2, 0) is 4.79 Å². The highest BCUT2D eigenvalue weighted by Crippen LogP contribution is 2.14. The van der Waals surface area contributed by atoms with Crippen LogP contribution in [-0.4, -0.2) is 59.0 Å². The van der Waals surface area contributed by atoms with E-state index in [9.17, 15) is 4.79 Å². The first-order chi connectivity index (χ1) is 11.1. The van der Waals surface area contributed by atoms with Crippen molar-refractivity contribution in [3.8, 4) is 12.3 Å². The highest BCUT2D eigenvalue weighted by atomic mass is 16.2. The Balaban J connectivity index is 1.82. The second-order valence-corrected chi connectivity index (χ2v) is 5.81. The summed E-state index contributed by atoms with van der Waals surface area (Å²) in [4.78, 5) is 25.0. The molecule has 1 fully saturated rings. The predicted molar refractivity (Wildman–Crippen MR) is 91.0 cm³/mol. The predicted octanol–water partition coefficient (Wildman–Crippen LogP) is 0.907. The van der Waals surface area contributed by atoms with E-state index in [-0.39, 0.29) is 5.91 Å². The van der Waals surface area contributed by atoms with E-state index >= 15 is 0 Å². The van der Waals surface area contributed by atoms with Gasteiger partial charge in [-0.3, -0.25) is 14.7 Å². The van der Waals surface area contributed by atoms with E-state index < -0.39 is 5.54 Å². The highest BCUT2D eigenvalue weighted by molar-refractivity contribution is 5.79. The van der Waals surface area contributed by atoms with Gasteiger partial charge in [-0.2, -0.15) is 0 Å². The molecule has 6 nitrogen and oxygen atoms in total.